The first-order valence-corrected chi connectivity index (χ1v) is 7.50. The molecule has 0 aromatic carbocycles. The van der Waals surface area contributed by atoms with Crippen LogP contribution in [0.1, 0.15) is 45.6 Å². The van der Waals surface area contributed by atoms with Crippen LogP contribution in [-0.2, 0) is 0 Å². The average molecular weight is 270 g/mol. The van der Waals surface area contributed by atoms with Crippen LogP contribution in [0.15, 0.2) is 9.95 Å². The quantitative estimate of drug-likeness (QED) is 0.875. The predicted molar refractivity (Wildman–Crippen MR) is 74.2 cm³/mol. The van der Waals surface area contributed by atoms with Crippen molar-refractivity contribution in [1.82, 2.24) is 20.1 Å². The van der Waals surface area contributed by atoms with E-state index in [0.717, 1.165) is 11.6 Å². The zero-order valence-electron chi connectivity index (χ0n) is 11.3. The Labute approximate surface area is 112 Å². The highest BCUT2D eigenvalue weighted by Gasteiger charge is 2.24. The Morgan fingerprint density at radius 2 is 2.28 bits per heavy atom. The molecule has 5 nitrogen and oxygen atoms in total. The number of aromatic amines is 1. The molecule has 1 saturated carbocycles. The monoisotopic (exact) mass is 270 g/mol. The summed E-state index contributed by atoms with van der Waals surface area (Å²) in [7, 11) is 2.02. The summed E-state index contributed by atoms with van der Waals surface area (Å²) in [6.45, 7) is 4.02. The molecule has 1 aromatic rings. The number of H-pyrrole nitrogens is 1. The van der Waals surface area contributed by atoms with Gasteiger partial charge in [-0.3, -0.25) is 4.57 Å². The fraction of sp³-hybridized carbons (Fsp3) is 0.833. The minimum absolute atomic E-state index is 0.103. The zero-order valence-corrected chi connectivity index (χ0v) is 12.1. The Morgan fingerprint density at radius 1 is 1.50 bits per heavy atom. The molecule has 0 spiro atoms. The van der Waals surface area contributed by atoms with Crippen LogP contribution < -0.4 is 11.0 Å². The molecular formula is C12H22N4OS. The topological polar surface area (TPSA) is 62.7 Å². The van der Waals surface area contributed by atoms with E-state index in [4.69, 9.17) is 0 Å². The molecule has 0 aliphatic heterocycles. The lowest BCUT2D eigenvalue weighted by Gasteiger charge is -2.28. The number of thioether (sulfide) groups is 1. The molecule has 0 bridgehead atoms. The van der Waals surface area contributed by atoms with Gasteiger partial charge in [-0.1, -0.05) is 18.2 Å². The standard InChI is InChI=1S/C12H22N4OS/c1-8(2)16-11(17)14-15-12(16)18-10-6-4-5-9(7-10)13-3/h8-10,13H,4-7H2,1-3H3,(H,14,17). The van der Waals surface area contributed by atoms with Gasteiger partial charge in [-0.25, -0.2) is 9.89 Å². The molecule has 1 aromatic heterocycles. The van der Waals surface area contributed by atoms with Gasteiger partial charge in [0.15, 0.2) is 5.16 Å². The summed E-state index contributed by atoms with van der Waals surface area (Å²) >= 11 is 1.74. The number of rotatable bonds is 4. The summed E-state index contributed by atoms with van der Waals surface area (Å²) in [4.78, 5) is 11.7. The van der Waals surface area contributed by atoms with Crippen molar-refractivity contribution in [2.45, 2.75) is 62.0 Å². The van der Waals surface area contributed by atoms with Crippen LogP contribution in [0.4, 0.5) is 0 Å². The van der Waals surface area contributed by atoms with Gasteiger partial charge in [0.05, 0.1) is 0 Å². The fourth-order valence-electron chi connectivity index (χ4n) is 2.49. The highest BCUT2D eigenvalue weighted by Crippen LogP contribution is 2.32. The van der Waals surface area contributed by atoms with Crippen molar-refractivity contribution < 1.29 is 0 Å². The molecule has 2 atom stereocenters. The predicted octanol–water partition coefficient (Wildman–Crippen LogP) is 1.77. The minimum atomic E-state index is -0.103. The first-order valence-electron chi connectivity index (χ1n) is 6.62. The van der Waals surface area contributed by atoms with Crippen LogP contribution in [0.2, 0.25) is 0 Å². The van der Waals surface area contributed by atoms with Crippen LogP contribution in [-0.4, -0.2) is 33.1 Å². The molecule has 0 radical (unpaired) electrons. The van der Waals surface area contributed by atoms with E-state index < -0.39 is 0 Å². The SMILES string of the molecule is CNC1CCCC(Sc2n[nH]c(=O)n2C(C)C)C1. The van der Waals surface area contributed by atoms with Gasteiger partial charge < -0.3 is 5.32 Å². The van der Waals surface area contributed by atoms with Crippen molar-refractivity contribution in [1.29, 1.82) is 0 Å². The molecule has 2 unspecified atom stereocenters. The summed E-state index contributed by atoms with van der Waals surface area (Å²) < 4.78 is 1.74. The second kappa shape index (κ2) is 5.93. The Hall–Kier alpha value is -0.750. The van der Waals surface area contributed by atoms with E-state index in [1.165, 1.54) is 19.3 Å². The normalized spacial score (nSPS) is 24.7. The molecular weight excluding hydrogens is 248 g/mol. The van der Waals surface area contributed by atoms with Crippen molar-refractivity contribution >= 4 is 11.8 Å². The second-order valence-corrected chi connectivity index (χ2v) is 6.43. The van der Waals surface area contributed by atoms with Crippen LogP contribution in [0.3, 0.4) is 0 Å². The largest absolute Gasteiger partial charge is 0.344 e. The molecule has 2 N–H and O–H groups in total. The summed E-state index contributed by atoms with van der Waals surface area (Å²) in [6.07, 6.45) is 4.87. The number of hydrogen-bond donors (Lipinski definition) is 2. The molecule has 0 saturated heterocycles. The van der Waals surface area contributed by atoms with Crippen LogP contribution in [0.5, 0.6) is 0 Å². The van der Waals surface area contributed by atoms with Crippen molar-refractivity contribution in [2.75, 3.05) is 7.05 Å². The maximum absolute atomic E-state index is 11.7. The van der Waals surface area contributed by atoms with Crippen molar-refractivity contribution in [3.63, 3.8) is 0 Å². The lowest BCUT2D eigenvalue weighted by atomic mass is 9.95. The maximum Gasteiger partial charge on any atom is 0.344 e. The average Bonchev–Trinajstić information content (AvgIpc) is 2.70. The third kappa shape index (κ3) is 2.98. The van der Waals surface area contributed by atoms with E-state index >= 15 is 0 Å². The van der Waals surface area contributed by atoms with Crippen molar-refractivity contribution in [2.24, 2.45) is 0 Å². The summed E-state index contributed by atoms with van der Waals surface area (Å²) in [5.41, 5.74) is -0.103. The molecule has 1 fully saturated rings. The van der Waals surface area contributed by atoms with Gasteiger partial charge in [0, 0.05) is 17.3 Å². The van der Waals surface area contributed by atoms with E-state index in [1.54, 1.807) is 16.3 Å². The highest BCUT2D eigenvalue weighted by atomic mass is 32.2. The lowest BCUT2D eigenvalue weighted by Crippen LogP contribution is -2.32. The maximum atomic E-state index is 11.7. The van der Waals surface area contributed by atoms with Gasteiger partial charge in [-0.15, -0.1) is 5.10 Å². The molecule has 2 rings (SSSR count). The van der Waals surface area contributed by atoms with E-state index in [1.807, 2.05) is 20.9 Å². The zero-order chi connectivity index (χ0) is 13.1. The van der Waals surface area contributed by atoms with Gasteiger partial charge in [0.25, 0.3) is 0 Å². The fourth-order valence-corrected chi connectivity index (χ4v) is 3.91. The Bertz CT molecular complexity index is 440. The lowest BCUT2D eigenvalue weighted by molar-refractivity contribution is 0.401. The first-order chi connectivity index (χ1) is 8.61. The van der Waals surface area contributed by atoms with Crippen LogP contribution >= 0.6 is 11.8 Å². The summed E-state index contributed by atoms with van der Waals surface area (Å²) in [5.74, 6) is 0. The minimum Gasteiger partial charge on any atom is -0.317 e. The molecule has 18 heavy (non-hydrogen) atoms. The molecule has 0 amide bonds. The molecule has 102 valence electrons. The number of aromatic nitrogens is 3. The highest BCUT2D eigenvalue weighted by molar-refractivity contribution is 7.99. The van der Waals surface area contributed by atoms with Gasteiger partial charge in [-0.05, 0) is 40.2 Å². The molecule has 6 heteroatoms. The van der Waals surface area contributed by atoms with E-state index in [-0.39, 0.29) is 11.7 Å². The Balaban J connectivity index is 2.07. The van der Waals surface area contributed by atoms with E-state index in [9.17, 15) is 4.79 Å². The first kappa shape index (κ1) is 13.7. The van der Waals surface area contributed by atoms with Gasteiger partial charge >= 0.3 is 5.69 Å². The summed E-state index contributed by atoms with van der Waals surface area (Å²) in [5, 5.41) is 11.4. The molecule has 1 aliphatic carbocycles. The molecule has 1 heterocycles. The molecule has 1 aliphatic rings. The van der Waals surface area contributed by atoms with E-state index in [0.29, 0.717) is 11.3 Å². The second-order valence-electron chi connectivity index (χ2n) is 5.17. The number of nitrogens with zero attached hydrogens (tertiary/aromatic N) is 2. The van der Waals surface area contributed by atoms with Crippen LogP contribution in [0, 0.1) is 0 Å². The third-order valence-corrected chi connectivity index (χ3v) is 4.76. The van der Waals surface area contributed by atoms with Crippen LogP contribution in [0.25, 0.3) is 0 Å². The van der Waals surface area contributed by atoms with Gasteiger partial charge in [0.1, 0.15) is 0 Å². The van der Waals surface area contributed by atoms with Crippen molar-refractivity contribution in [3.8, 4) is 0 Å². The van der Waals surface area contributed by atoms with Gasteiger partial charge in [0.2, 0.25) is 0 Å². The summed E-state index contributed by atoms with van der Waals surface area (Å²) in [6, 6.07) is 0.761. The number of hydrogen-bond acceptors (Lipinski definition) is 4. The Morgan fingerprint density at radius 3 is 2.94 bits per heavy atom. The Kier molecular flexibility index (Phi) is 4.50. The van der Waals surface area contributed by atoms with E-state index in [2.05, 4.69) is 15.5 Å². The number of nitrogens with one attached hydrogen (secondary N) is 2. The smallest absolute Gasteiger partial charge is 0.317 e. The third-order valence-electron chi connectivity index (χ3n) is 3.49. The van der Waals surface area contributed by atoms with Crippen molar-refractivity contribution in [3.05, 3.63) is 10.5 Å². The van der Waals surface area contributed by atoms with Gasteiger partial charge in [-0.2, -0.15) is 0 Å².